The minimum absolute atomic E-state index is 0.0833. The Hall–Kier alpha value is -3.75. The maximum absolute atomic E-state index is 12.4. The predicted molar refractivity (Wildman–Crippen MR) is 109 cm³/mol. The third kappa shape index (κ3) is 3.61. The SMILES string of the molecule is CCCn1c(=O)c(C)nc2cc(-c3noc(C(C)NC(=O)c4ccco4)n3)ccc21. The summed E-state index contributed by atoms with van der Waals surface area (Å²) in [6.45, 7) is 6.09. The van der Waals surface area contributed by atoms with Gasteiger partial charge in [0, 0.05) is 12.1 Å². The van der Waals surface area contributed by atoms with E-state index in [-0.39, 0.29) is 23.1 Å². The molecule has 1 N–H and O–H groups in total. The number of rotatable bonds is 6. The number of fused-ring (bicyclic) bond motifs is 1. The Balaban J connectivity index is 1.62. The van der Waals surface area contributed by atoms with Gasteiger partial charge in [0.2, 0.25) is 11.7 Å². The van der Waals surface area contributed by atoms with Crippen LogP contribution in [0.3, 0.4) is 0 Å². The second-order valence-electron chi connectivity index (χ2n) is 6.99. The minimum Gasteiger partial charge on any atom is -0.459 e. The highest BCUT2D eigenvalue weighted by Crippen LogP contribution is 2.23. The van der Waals surface area contributed by atoms with Crippen molar-refractivity contribution in [2.45, 2.75) is 39.8 Å². The normalized spacial score (nSPS) is 12.2. The maximum Gasteiger partial charge on any atom is 0.287 e. The van der Waals surface area contributed by atoms with Gasteiger partial charge >= 0.3 is 0 Å². The Kier molecular flexibility index (Phi) is 5.18. The van der Waals surface area contributed by atoms with Crippen molar-refractivity contribution in [3.8, 4) is 11.4 Å². The molecule has 1 aromatic carbocycles. The smallest absolute Gasteiger partial charge is 0.287 e. The van der Waals surface area contributed by atoms with Crippen LogP contribution < -0.4 is 10.9 Å². The zero-order valence-electron chi connectivity index (χ0n) is 16.9. The molecule has 1 unspecified atom stereocenters. The van der Waals surface area contributed by atoms with Crippen molar-refractivity contribution in [3.05, 3.63) is 64.3 Å². The fourth-order valence-corrected chi connectivity index (χ4v) is 3.22. The number of hydrogen-bond acceptors (Lipinski definition) is 7. The standard InChI is InChI=1S/C21H21N5O4/c1-4-9-26-16-8-7-14(11-15(16)22-13(3)21(26)28)18-24-20(30-25-18)12(2)23-19(27)17-6-5-10-29-17/h5-8,10-12H,4,9H2,1-3H3,(H,23,27). The van der Waals surface area contributed by atoms with Crippen LogP contribution in [0.15, 0.2) is 50.3 Å². The van der Waals surface area contributed by atoms with Crippen molar-refractivity contribution in [1.82, 2.24) is 25.0 Å². The molecule has 30 heavy (non-hydrogen) atoms. The van der Waals surface area contributed by atoms with Gasteiger partial charge in [0.1, 0.15) is 11.7 Å². The summed E-state index contributed by atoms with van der Waals surface area (Å²) in [5.41, 5.74) is 2.51. The molecule has 4 rings (SSSR count). The van der Waals surface area contributed by atoms with E-state index < -0.39 is 6.04 Å². The lowest BCUT2D eigenvalue weighted by Crippen LogP contribution is -2.26. The lowest BCUT2D eigenvalue weighted by molar-refractivity contribution is 0.0904. The first-order valence-electron chi connectivity index (χ1n) is 9.67. The Morgan fingerprint density at radius 2 is 2.10 bits per heavy atom. The number of nitrogens with zero attached hydrogens (tertiary/aromatic N) is 4. The zero-order chi connectivity index (χ0) is 21.3. The van der Waals surface area contributed by atoms with E-state index in [1.54, 1.807) is 30.5 Å². The van der Waals surface area contributed by atoms with Gasteiger partial charge in [0.05, 0.1) is 17.3 Å². The Morgan fingerprint density at radius 1 is 1.27 bits per heavy atom. The molecule has 0 fully saturated rings. The molecular formula is C21H21N5O4. The number of carbonyl (C=O) groups is 1. The number of nitrogens with one attached hydrogen (secondary N) is 1. The van der Waals surface area contributed by atoms with Crippen LogP contribution in [0.1, 0.15) is 48.4 Å². The average Bonchev–Trinajstić information content (AvgIpc) is 3.43. The van der Waals surface area contributed by atoms with Gasteiger partial charge in [-0.15, -0.1) is 0 Å². The summed E-state index contributed by atoms with van der Waals surface area (Å²) in [7, 11) is 0. The number of furan rings is 1. The third-order valence-electron chi connectivity index (χ3n) is 4.72. The Morgan fingerprint density at radius 3 is 2.83 bits per heavy atom. The van der Waals surface area contributed by atoms with Crippen molar-refractivity contribution >= 4 is 16.9 Å². The van der Waals surface area contributed by atoms with E-state index in [1.807, 2.05) is 25.1 Å². The first-order valence-corrected chi connectivity index (χ1v) is 9.67. The van der Waals surface area contributed by atoms with E-state index in [4.69, 9.17) is 8.94 Å². The van der Waals surface area contributed by atoms with E-state index in [2.05, 4.69) is 20.4 Å². The quantitative estimate of drug-likeness (QED) is 0.521. The first kappa shape index (κ1) is 19.6. The van der Waals surface area contributed by atoms with Crippen molar-refractivity contribution in [2.24, 2.45) is 0 Å². The van der Waals surface area contributed by atoms with E-state index in [1.165, 1.54) is 6.26 Å². The summed E-state index contributed by atoms with van der Waals surface area (Å²) in [6, 6.07) is 8.20. The Bertz CT molecular complexity index is 1260. The van der Waals surface area contributed by atoms with Gasteiger partial charge in [-0.3, -0.25) is 9.59 Å². The fraction of sp³-hybridized carbons (Fsp3) is 0.286. The summed E-state index contributed by atoms with van der Waals surface area (Å²) in [6.07, 6.45) is 2.27. The lowest BCUT2D eigenvalue weighted by atomic mass is 10.1. The third-order valence-corrected chi connectivity index (χ3v) is 4.72. The van der Waals surface area contributed by atoms with Gasteiger partial charge in [0.15, 0.2) is 5.76 Å². The van der Waals surface area contributed by atoms with Crippen LogP contribution >= 0.6 is 0 Å². The highest BCUT2D eigenvalue weighted by molar-refractivity contribution is 5.91. The van der Waals surface area contributed by atoms with Crippen LogP contribution in [0.5, 0.6) is 0 Å². The Labute approximate surface area is 171 Å². The van der Waals surface area contributed by atoms with Gasteiger partial charge in [-0.1, -0.05) is 12.1 Å². The van der Waals surface area contributed by atoms with E-state index >= 15 is 0 Å². The molecule has 0 saturated heterocycles. The van der Waals surface area contributed by atoms with Gasteiger partial charge in [-0.2, -0.15) is 4.98 Å². The van der Waals surface area contributed by atoms with Gasteiger partial charge in [-0.25, -0.2) is 4.98 Å². The van der Waals surface area contributed by atoms with Crippen molar-refractivity contribution in [2.75, 3.05) is 0 Å². The molecule has 154 valence electrons. The molecule has 0 aliphatic heterocycles. The van der Waals surface area contributed by atoms with Crippen LogP contribution in [-0.4, -0.2) is 25.6 Å². The highest BCUT2D eigenvalue weighted by atomic mass is 16.5. The fourth-order valence-electron chi connectivity index (χ4n) is 3.22. The number of hydrogen-bond donors (Lipinski definition) is 1. The molecule has 3 aromatic heterocycles. The van der Waals surface area contributed by atoms with Gasteiger partial charge < -0.3 is 18.8 Å². The molecule has 0 saturated carbocycles. The number of benzene rings is 1. The largest absolute Gasteiger partial charge is 0.459 e. The molecule has 0 aliphatic rings. The van der Waals surface area contributed by atoms with E-state index in [9.17, 15) is 9.59 Å². The lowest BCUT2D eigenvalue weighted by Gasteiger charge is -2.10. The molecule has 0 aliphatic carbocycles. The second kappa shape index (κ2) is 7.94. The molecule has 4 aromatic rings. The van der Waals surface area contributed by atoms with Crippen LogP contribution in [0, 0.1) is 6.92 Å². The molecule has 0 spiro atoms. The molecule has 0 bridgehead atoms. The molecule has 1 amide bonds. The summed E-state index contributed by atoms with van der Waals surface area (Å²) < 4.78 is 12.1. The van der Waals surface area contributed by atoms with Crippen LogP contribution in [0.2, 0.25) is 0 Å². The average molecular weight is 407 g/mol. The van der Waals surface area contributed by atoms with Crippen molar-refractivity contribution in [1.29, 1.82) is 0 Å². The van der Waals surface area contributed by atoms with Crippen molar-refractivity contribution in [3.63, 3.8) is 0 Å². The number of aryl methyl sites for hydroxylation is 2. The molecule has 1 atom stereocenters. The van der Waals surface area contributed by atoms with Crippen LogP contribution in [0.4, 0.5) is 0 Å². The summed E-state index contributed by atoms with van der Waals surface area (Å²) in [5.74, 6) is 0.478. The van der Waals surface area contributed by atoms with Crippen LogP contribution in [-0.2, 0) is 6.54 Å². The number of carbonyl (C=O) groups excluding carboxylic acids is 1. The first-order chi connectivity index (χ1) is 14.5. The number of amides is 1. The highest BCUT2D eigenvalue weighted by Gasteiger charge is 2.20. The summed E-state index contributed by atoms with van der Waals surface area (Å²) in [5, 5.41) is 6.77. The summed E-state index contributed by atoms with van der Waals surface area (Å²) in [4.78, 5) is 33.4. The summed E-state index contributed by atoms with van der Waals surface area (Å²) >= 11 is 0. The topological polar surface area (TPSA) is 116 Å². The molecule has 9 heteroatoms. The van der Waals surface area contributed by atoms with Gasteiger partial charge in [0.25, 0.3) is 11.5 Å². The van der Waals surface area contributed by atoms with Gasteiger partial charge in [-0.05, 0) is 50.6 Å². The molecule has 9 nitrogen and oxygen atoms in total. The second-order valence-corrected chi connectivity index (χ2v) is 6.99. The molecular weight excluding hydrogens is 386 g/mol. The molecule has 3 heterocycles. The van der Waals surface area contributed by atoms with Crippen LogP contribution in [0.25, 0.3) is 22.4 Å². The number of aromatic nitrogens is 4. The predicted octanol–water partition coefficient (Wildman–Crippen LogP) is 3.25. The monoisotopic (exact) mass is 407 g/mol. The zero-order valence-corrected chi connectivity index (χ0v) is 16.9. The van der Waals surface area contributed by atoms with Crippen molar-refractivity contribution < 1.29 is 13.7 Å². The minimum atomic E-state index is -0.501. The van der Waals surface area contributed by atoms with E-state index in [0.717, 1.165) is 11.9 Å². The maximum atomic E-state index is 12.4. The molecule has 0 radical (unpaired) electrons. The van der Waals surface area contributed by atoms with E-state index in [0.29, 0.717) is 29.1 Å².